The summed E-state index contributed by atoms with van der Waals surface area (Å²) in [5, 5.41) is 4.31. The third-order valence-electron chi connectivity index (χ3n) is 10.8. The van der Waals surface area contributed by atoms with Gasteiger partial charge in [-0.15, -0.1) is 0 Å². The second-order valence-corrected chi connectivity index (χ2v) is 16.2. The van der Waals surface area contributed by atoms with Crippen molar-refractivity contribution in [1.82, 2.24) is 5.32 Å². The molecular weight excluding hydrogens is 615 g/mol. The Balaban J connectivity index is 6.13. The molecule has 0 aromatic carbocycles. The zero-order chi connectivity index (χ0) is 36.8. The highest BCUT2D eigenvalue weighted by molar-refractivity contribution is 4.92. The summed E-state index contributed by atoms with van der Waals surface area (Å²) in [6.45, 7) is 19.1. The van der Waals surface area contributed by atoms with Crippen LogP contribution in [0.1, 0.15) is 248 Å². The molecular formula is C46H95NO3. The van der Waals surface area contributed by atoms with Gasteiger partial charge in [-0.2, -0.15) is 0 Å². The maximum absolute atomic E-state index is 7.10. The molecule has 3 atom stereocenters. The Morgan fingerprint density at radius 3 is 1.26 bits per heavy atom. The van der Waals surface area contributed by atoms with Gasteiger partial charge in [-0.05, 0) is 45.4 Å². The predicted molar refractivity (Wildman–Crippen MR) is 223 cm³/mol. The largest absolute Gasteiger partial charge is 0.379 e. The molecule has 0 saturated heterocycles. The van der Waals surface area contributed by atoms with E-state index in [-0.39, 0.29) is 11.6 Å². The Morgan fingerprint density at radius 2 is 0.780 bits per heavy atom. The van der Waals surface area contributed by atoms with E-state index in [1.54, 1.807) is 0 Å². The summed E-state index contributed by atoms with van der Waals surface area (Å²) in [6.07, 6.45) is 40.6. The van der Waals surface area contributed by atoms with Gasteiger partial charge in [0.05, 0.1) is 37.6 Å². The van der Waals surface area contributed by atoms with Crippen LogP contribution in [0.4, 0.5) is 0 Å². The van der Waals surface area contributed by atoms with Gasteiger partial charge in [0, 0.05) is 12.6 Å². The molecule has 0 rings (SSSR count). The smallest absolute Gasteiger partial charge is 0.0892 e. The fourth-order valence-electron chi connectivity index (χ4n) is 7.29. The van der Waals surface area contributed by atoms with Crippen LogP contribution in [0, 0.1) is 0 Å². The zero-order valence-electron chi connectivity index (χ0n) is 35.7. The molecule has 4 heteroatoms. The molecule has 0 amide bonds. The molecule has 0 aromatic heterocycles. The lowest BCUT2D eigenvalue weighted by atomic mass is 9.95. The third-order valence-corrected chi connectivity index (χ3v) is 10.8. The van der Waals surface area contributed by atoms with Gasteiger partial charge in [-0.25, -0.2) is 0 Å². The van der Waals surface area contributed by atoms with Crippen molar-refractivity contribution in [2.75, 3.05) is 26.4 Å². The van der Waals surface area contributed by atoms with Gasteiger partial charge in [0.1, 0.15) is 0 Å². The summed E-state index contributed by atoms with van der Waals surface area (Å²) in [5.74, 6) is 0. The highest BCUT2D eigenvalue weighted by Crippen LogP contribution is 2.23. The molecule has 302 valence electrons. The number of unbranched alkanes of at least 4 members (excludes halogenated alkanes) is 20. The standard InChI is InChI=1S/C46H95NO3/c1-8-14-20-26-30-36-44(35-29-23-17-11-4)47-46(40-48-39-33-27-21-15-9-2,41-49-43(7)34-28-22-16-10-3)42-50-45(37-31-24-18-12-5)38-32-25-19-13-6/h43-45,47H,8-42H2,1-7H3. The summed E-state index contributed by atoms with van der Waals surface area (Å²) >= 11 is 0. The molecule has 0 aromatic rings. The van der Waals surface area contributed by atoms with Crippen molar-refractivity contribution in [3.05, 3.63) is 0 Å². The summed E-state index contributed by atoms with van der Waals surface area (Å²) in [7, 11) is 0. The van der Waals surface area contributed by atoms with E-state index in [1.807, 2.05) is 0 Å². The van der Waals surface area contributed by atoms with Crippen LogP contribution in [0.3, 0.4) is 0 Å². The van der Waals surface area contributed by atoms with Gasteiger partial charge in [-0.1, -0.05) is 202 Å². The first-order valence-corrected chi connectivity index (χ1v) is 23.1. The number of hydrogen-bond donors (Lipinski definition) is 1. The van der Waals surface area contributed by atoms with Crippen LogP contribution in [-0.2, 0) is 14.2 Å². The van der Waals surface area contributed by atoms with E-state index in [2.05, 4.69) is 53.8 Å². The van der Waals surface area contributed by atoms with Crippen LogP contribution >= 0.6 is 0 Å². The summed E-state index contributed by atoms with van der Waals surface area (Å²) < 4.78 is 20.6. The van der Waals surface area contributed by atoms with Crippen molar-refractivity contribution in [1.29, 1.82) is 0 Å². The van der Waals surface area contributed by atoms with Crippen molar-refractivity contribution in [3.63, 3.8) is 0 Å². The molecule has 0 aliphatic rings. The predicted octanol–water partition coefficient (Wildman–Crippen LogP) is 14.7. The Bertz CT molecular complexity index is 633. The Labute approximate surface area is 316 Å². The normalized spacial score (nSPS) is 14.4. The summed E-state index contributed by atoms with van der Waals surface area (Å²) in [5.41, 5.74) is -0.314. The van der Waals surface area contributed by atoms with E-state index >= 15 is 0 Å². The maximum Gasteiger partial charge on any atom is 0.0892 e. The minimum atomic E-state index is -0.314. The quantitative estimate of drug-likeness (QED) is 0.0641. The van der Waals surface area contributed by atoms with E-state index in [4.69, 9.17) is 14.2 Å². The molecule has 3 unspecified atom stereocenters. The van der Waals surface area contributed by atoms with Crippen LogP contribution in [0.25, 0.3) is 0 Å². The van der Waals surface area contributed by atoms with Gasteiger partial charge < -0.3 is 19.5 Å². The molecule has 0 spiro atoms. The van der Waals surface area contributed by atoms with Crippen LogP contribution in [0.15, 0.2) is 0 Å². The van der Waals surface area contributed by atoms with E-state index in [1.165, 1.54) is 186 Å². The van der Waals surface area contributed by atoms with Crippen molar-refractivity contribution >= 4 is 0 Å². The number of ether oxygens (including phenoxy) is 3. The first-order chi connectivity index (χ1) is 24.5. The lowest BCUT2D eigenvalue weighted by Crippen LogP contribution is -2.60. The molecule has 50 heavy (non-hydrogen) atoms. The first-order valence-electron chi connectivity index (χ1n) is 23.1. The van der Waals surface area contributed by atoms with Gasteiger partial charge in [0.25, 0.3) is 0 Å². The van der Waals surface area contributed by atoms with Crippen molar-refractivity contribution in [3.8, 4) is 0 Å². The van der Waals surface area contributed by atoms with Crippen LogP contribution in [0.5, 0.6) is 0 Å². The molecule has 0 heterocycles. The minimum Gasteiger partial charge on any atom is -0.379 e. The van der Waals surface area contributed by atoms with Crippen molar-refractivity contribution in [2.45, 2.75) is 271 Å². The van der Waals surface area contributed by atoms with Crippen molar-refractivity contribution in [2.24, 2.45) is 0 Å². The van der Waals surface area contributed by atoms with Crippen LogP contribution in [0.2, 0.25) is 0 Å². The van der Waals surface area contributed by atoms with E-state index in [0.717, 1.165) is 19.4 Å². The topological polar surface area (TPSA) is 39.7 Å². The molecule has 1 N–H and O–H groups in total. The highest BCUT2D eigenvalue weighted by atomic mass is 16.5. The molecule has 0 radical (unpaired) electrons. The molecule has 0 fully saturated rings. The van der Waals surface area contributed by atoms with E-state index < -0.39 is 0 Å². The fourth-order valence-corrected chi connectivity index (χ4v) is 7.29. The third kappa shape index (κ3) is 31.4. The number of hydrogen-bond acceptors (Lipinski definition) is 4. The second-order valence-electron chi connectivity index (χ2n) is 16.2. The fraction of sp³-hybridized carbons (Fsp3) is 1.00. The van der Waals surface area contributed by atoms with Crippen molar-refractivity contribution < 1.29 is 14.2 Å². The van der Waals surface area contributed by atoms with Crippen LogP contribution < -0.4 is 5.32 Å². The van der Waals surface area contributed by atoms with Gasteiger partial charge in [0.2, 0.25) is 0 Å². The molecule has 0 bridgehead atoms. The number of rotatable bonds is 42. The molecule has 0 aliphatic carbocycles. The lowest BCUT2D eigenvalue weighted by Gasteiger charge is -2.40. The van der Waals surface area contributed by atoms with Gasteiger partial charge in [0.15, 0.2) is 0 Å². The van der Waals surface area contributed by atoms with Gasteiger partial charge in [-0.3, -0.25) is 0 Å². The number of nitrogens with one attached hydrogen (secondary N) is 1. The highest BCUT2D eigenvalue weighted by Gasteiger charge is 2.35. The Hall–Kier alpha value is -0.160. The van der Waals surface area contributed by atoms with E-state index in [0.29, 0.717) is 32.0 Å². The summed E-state index contributed by atoms with van der Waals surface area (Å²) in [4.78, 5) is 0. The monoisotopic (exact) mass is 710 g/mol. The van der Waals surface area contributed by atoms with Gasteiger partial charge >= 0.3 is 0 Å². The first kappa shape index (κ1) is 49.8. The van der Waals surface area contributed by atoms with Crippen LogP contribution in [-0.4, -0.2) is 50.2 Å². The minimum absolute atomic E-state index is 0.262. The Morgan fingerprint density at radius 1 is 0.400 bits per heavy atom. The average Bonchev–Trinajstić information content (AvgIpc) is 3.12. The SMILES string of the molecule is CCCCCCCOCC(COC(C)CCCCCC)(COC(CCCCCC)CCCCCC)NC(CCCCCC)CCCCCCC. The second kappa shape index (κ2) is 38.6. The summed E-state index contributed by atoms with van der Waals surface area (Å²) in [6, 6.07) is 0.487. The maximum atomic E-state index is 7.10. The molecule has 0 aliphatic heterocycles. The molecule has 4 nitrogen and oxygen atoms in total. The average molecular weight is 710 g/mol. The Kier molecular flexibility index (Phi) is 38.4. The zero-order valence-corrected chi connectivity index (χ0v) is 35.7. The molecule has 0 saturated carbocycles. The lowest BCUT2D eigenvalue weighted by molar-refractivity contribution is -0.0814. The van der Waals surface area contributed by atoms with E-state index in [9.17, 15) is 0 Å².